The zero-order valence-corrected chi connectivity index (χ0v) is 11.9. The van der Waals surface area contributed by atoms with Crippen molar-refractivity contribution in [3.8, 4) is 5.69 Å². The maximum absolute atomic E-state index is 11.6. The lowest BCUT2D eigenvalue weighted by atomic mass is 10.1. The summed E-state index contributed by atoms with van der Waals surface area (Å²) in [5, 5.41) is 0. The van der Waals surface area contributed by atoms with Gasteiger partial charge in [0.2, 0.25) is 0 Å². The maximum atomic E-state index is 11.6. The van der Waals surface area contributed by atoms with Crippen LogP contribution in [0, 0.1) is 6.92 Å². The molecule has 100 valence electrons. The van der Waals surface area contributed by atoms with E-state index in [0.29, 0.717) is 4.90 Å². The Morgan fingerprint density at radius 3 is 2.79 bits per heavy atom. The Labute approximate surface area is 113 Å². The van der Waals surface area contributed by atoms with Gasteiger partial charge in [0.1, 0.15) is 5.82 Å². The molecule has 0 saturated heterocycles. The first kappa shape index (κ1) is 12.4. The smallest absolute Gasteiger partial charge is 0.175 e. The summed E-state index contributed by atoms with van der Waals surface area (Å²) in [6.07, 6.45) is 6.08. The Bertz CT molecular complexity index is 745. The zero-order valence-electron chi connectivity index (χ0n) is 11.0. The molecule has 19 heavy (non-hydrogen) atoms. The summed E-state index contributed by atoms with van der Waals surface area (Å²) >= 11 is 0. The van der Waals surface area contributed by atoms with Crippen molar-refractivity contribution in [1.82, 2.24) is 9.55 Å². The normalized spacial score (nSPS) is 14.6. The Hall–Kier alpha value is -1.62. The highest BCUT2D eigenvalue weighted by Gasteiger charge is 2.17. The Balaban J connectivity index is 2.21. The van der Waals surface area contributed by atoms with E-state index >= 15 is 0 Å². The van der Waals surface area contributed by atoms with Crippen LogP contribution < -0.4 is 0 Å². The molecule has 0 radical (unpaired) electrons. The third-order valence-corrected chi connectivity index (χ3v) is 4.59. The Morgan fingerprint density at radius 1 is 1.26 bits per heavy atom. The molecule has 1 aliphatic heterocycles. The van der Waals surface area contributed by atoms with E-state index in [4.69, 9.17) is 0 Å². The quantitative estimate of drug-likeness (QED) is 0.801. The number of nitrogens with zero attached hydrogens (tertiary/aromatic N) is 2. The van der Waals surface area contributed by atoms with Crippen molar-refractivity contribution in [2.45, 2.75) is 31.1 Å². The Kier molecular flexibility index (Phi) is 2.74. The van der Waals surface area contributed by atoms with Gasteiger partial charge in [-0.1, -0.05) is 0 Å². The number of imidazole rings is 1. The third-order valence-electron chi connectivity index (χ3n) is 3.48. The van der Waals surface area contributed by atoms with Gasteiger partial charge in [-0.3, -0.25) is 0 Å². The average molecular weight is 276 g/mol. The second-order valence-electron chi connectivity index (χ2n) is 5.08. The fourth-order valence-electron chi connectivity index (χ4n) is 2.60. The second kappa shape index (κ2) is 4.20. The molecule has 3 rings (SSSR count). The van der Waals surface area contributed by atoms with E-state index in [1.165, 1.54) is 6.26 Å². The predicted molar refractivity (Wildman–Crippen MR) is 73.4 cm³/mol. The van der Waals surface area contributed by atoms with Crippen LogP contribution >= 0.6 is 0 Å². The number of benzene rings is 1. The van der Waals surface area contributed by atoms with Crippen LogP contribution in [0.15, 0.2) is 29.3 Å². The van der Waals surface area contributed by atoms with Crippen molar-refractivity contribution in [2.75, 3.05) is 6.26 Å². The number of sulfone groups is 1. The minimum absolute atomic E-state index is 0.395. The molecule has 2 aromatic rings. The monoisotopic (exact) mass is 276 g/mol. The van der Waals surface area contributed by atoms with Crippen molar-refractivity contribution in [3.63, 3.8) is 0 Å². The first-order valence-corrected chi connectivity index (χ1v) is 8.22. The summed E-state index contributed by atoms with van der Waals surface area (Å²) in [5.41, 5.74) is 3.13. The van der Waals surface area contributed by atoms with E-state index in [1.807, 2.05) is 19.2 Å². The number of aromatic nitrogens is 2. The van der Waals surface area contributed by atoms with Gasteiger partial charge in [-0.05, 0) is 43.5 Å². The zero-order chi connectivity index (χ0) is 13.6. The van der Waals surface area contributed by atoms with Crippen molar-refractivity contribution >= 4 is 9.84 Å². The van der Waals surface area contributed by atoms with Crippen LogP contribution in [0.3, 0.4) is 0 Å². The van der Waals surface area contributed by atoms with Gasteiger partial charge in [-0.25, -0.2) is 13.4 Å². The van der Waals surface area contributed by atoms with E-state index < -0.39 is 9.84 Å². The van der Waals surface area contributed by atoms with Gasteiger partial charge < -0.3 is 4.57 Å². The Morgan fingerprint density at radius 2 is 2.05 bits per heavy atom. The van der Waals surface area contributed by atoms with Gasteiger partial charge in [0.25, 0.3) is 0 Å². The lowest BCUT2D eigenvalue weighted by molar-refractivity contribution is 0.601. The van der Waals surface area contributed by atoms with Crippen LogP contribution in [0.1, 0.15) is 23.5 Å². The van der Waals surface area contributed by atoms with Crippen LogP contribution in [-0.2, 0) is 22.7 Å². The summed E-state index contributed by atoms with van der Waals surface area (Å²) < 4.78 is 25.4. The molecule has 0 fully saturated rings. The highest BCUT2D eigenvalue weighted by molar-refractivity contribution is 7.90. The van der Waals surface area contributed by atoms with E-state index in [0.717, 1.165) is 42.0 Å². The van der Waals surface area contributed by atoms with Crippen LogP contribution in [0.4, 0.5) is 0 Å². The fraction of sp³-hybridized carbons (Fsp3) is 0.357. The van der Waals surface area contributed by atoms with Gasteiger partial charge in [0.15, 0.2) is 9.84 Å². The highest BCUT2D eigenvalue weighted by atomic mass is 32.2. The van der Waals surface area contributed by atoms with Crippen LogP contribution in [0.2, 0.25) is 0 Å². The SMILES string of the molecule is Cc1cn2c(n1)CCCc1cc(S(C)(=O)=O)ccc1-2. The topological polar surface area (TPSA) is 52.0 Å². The van der Waals surface area contributed by atoms with Crippen molar-refractivity contribution < 1.29 is 8.42 Å². The third kappa shape index (κ3) is 2.18. The number of rotatable bonds is 1. The molecule has 0 bridgehead atoms. The summed E-state index contributed by atoms with van der Waals surface area (Å²) in [6, 6.07) is 5.37. The minimum atomic E-state index is -3.15. The lowest BCUT2D eigenvalue weighted by Gasteiger charge is -2.10. The maximum Gasteiger partial charge on any atom is 0.175 e. The van der Waals surface area contributed by atoms with Gasteiger partial charge in [-0.2, -0.15) is 0 Å². The fourth-order valence-corrected chi connectivity index (χ4v) is 3.27. The molecule has 0 amide bonds. The average Bonchev–Trinajstić information content (AvgIpc) is 2.61. The standard InChI is InChI=1S/C14H16N2O2S/c1-10-9-16-13-7-6-12(19(2,17)18)8-11(13)4-3-5-14(16)15-10/h6-9H,3-5H2,1-2H3. The predicted octanol–water partition coefficient (Wildman–Crippen LogP) is 2.07. The molecule has 0 saturated carbocycles. The number of aryl methyl sites for hydroxylation is 3. The molecule has 0 unspecified atom stereocenters. The minimum Gasteiger partial charge on any atom is -0.303 e. The van der Waals surface area contributed by atoms with Crippen molar-refractivity contribution in [2.24, 2.45) is 0 Å². The van der Waals surface area contributed by atoms with Crippen LogP contribution in [0.25, 0.3) is 5.69 Å². The van der Waals surface area contributed by atoms with E-state index in [9.17, 15) is 8.42 Å². The number of fused-ring (bicyclic) bond motifs is 3. The summed E-state index contributed by atoms with van der Waals surface area (Å²) in [7, 11) is -3.15. The van der Waals surface area contributed by atoms with E-state index in [-0.39, 0.29) is 0 Å². The highest BCUT2D eigenvalue weighted by Crippen LogP contribution is 2.26. The van der Waals surface area contributed by atoms with E-state index in [1.54, 1.807) is 12.1 Å². The molecular formula is C14H16N2O2S. The molecule has 5 heteroatoms. The van der Waals surface area contributed by atoms with Gasteiger partial charge >= 0.3 is 0 Å². The van der Waals surface area contributed by atoms with Crippen LogP contribution in [-0.4, -0.2) is 24.2 Å². The number of hydrogen-bond donors (Lipinski definition) is 0. The molecule has 4 nitrogen and oxygen atoms in total. The first-order valence-electron chi connectivity index (χ1n) is 6.33. The van der Waals surface area contributed by atoms with Crippen LogP contribution in [0.5, 0.6) is 0 Å². The molecule has 2 heterocycles. The first-order chi connectivity index (χ1) is 8.95. The van der Waals surface area contributed by atoms with Gasteiger partial charge in [-0.15, -0.1) is 0 Å². The van der Waals surface area contributed by atoms with Crippen molar-refractivity contribution in [3.05, 3.63) is 41.5 Å². The second-order valence-corrected chi connectivity index (χ2v) is 7.10. The molecule has 0 atom stereocenters. The molecule has 0 N–H and O–H groups in total. The largest absolute Gasteiger partial charge is 0.303 e. The molecular weight excluding hydrogens is 260 g/mol. The van der Waals surface area contributed by atoms with Gasteiger partial charge in [0, 0.05) is 18.9 Å². The molecule has 0 aliphatic carbocycles. The number of hydrogen-bond acceptors (Lipinski definition) is 3. The molecule has 1 aliphatic rings. The molecule has 1 aromatic carbocycles. The molecule has 1 aromatic heterocycles. The lowest BCUT2D eigenvalue weighted by Crippen LogP contribution is -2.02. The summed E-state index contributed by atoms with van der Waals surface area (Å²) in [6.45, 7) is 1.98. The van der Waals surface area contributed by atoms with Crippen molar-refractivity contribution in [1.29, 1.82) is 0 Å². The summed E-state index contributed by atoms with van der Waals surface area (Å²) in [5.74, 6) is 1.06. The molecule has 0 spiro atoms. The van der Waals surface area contributed by atoms with E-state index in [2.05, 4.69) is 9.55 Å². The summed E-state index contributed by atoms with van der Waals surface area (Å²) in [4.78, 5) is 4.92. The van der Waals surface area contributed by atoms with Gasteiger partial charge in [0.05, 0.1) is 16.3 Å².